The van der Waals surface area contributed by atoms with Crippen molar-refractivity contribution >= 4 is 23.7 Å². The Labute approximate surface area is 162 Å². The molecule has 0 saturated heterocycles. The van der Waals surface area contributed by atoms with Gasteiger partial charge in [-0.25, -0.2) is 5.43 Å². The number of rotatable bonds is 5. The molecular formula is C22H19N3O3. The van der Waals surface area contributed by atoms with E-state index < -0.39 is 0 Å². The first kappa shape index (κ1) is 18.8. The summed E-state index contributed by atoms with van der Waals surface area (Å²) in [6, 6.07) is 20.3. The van der Waals surface area contributed by atoms with Gasteiger partial charge < -0.3 is 10.4 Å². The van der Waals surface area contributed by atoms with Crippen LogP contribution in [0.15, 0.2) is 77.9 Å². The fraction of sp³-hybridized carbons (Fsp3) is 0.0455. The number of nitrogens with zero attached hydrogens (tertiary/aromatic N) is 1. The Morgan fingerprint density at radius 3 is 2.36 bits per heavy atom. The number of anilines is 1. The Balaban J connectivity index is 1.59. The van der Waals surface area contributed by atoms with E-state index >= 15 is 0 Å². The second-order valence-corrected chi connectivity index (χ2v) is 6.20. The van der Waals surface area contributed by atoms with Gasteiger partial charge in [-0.1, -0.05) is 29.8 Å². The molecule has 0 heterocycles. The van der Waals surface area contributed by atoms with Gasteiger partial charge in [0.05, 0.1) is 6.21 Å². The molecule has 28 heavy (non-hydrogen) atoms. The first-order valence-electron chi connectivity index (χ1n) is 8.62. The Kier molecular flexibility index (Phi) is 5.81. The van der Waals surface area contributed by atoms with Crippen LogP contribution < -0.4 is 10.7 Å². The first-order valence-corrected chi connectivity index (χ1v) is 8.62. The molecule has 0 fully saturated rings. The molecule has 0 aliphatic carbocycles. The van der Waals surface area contributed by atoms with E-state index in [-0.39, 0.29) is 17.6 Å². The average Bonchev–Trinajstić information content (AvgIpc) is 2.68. The van der Waals surface area contributed by atoms with Gasteiger partial charge in [-0.05, 0) is 61.0 Å². The number of carbonyl (C=O) groups is 2. The van der Waals surface area contributed by atoms with Crippen LogP contribution >= 0.6 is 0 Å². The number of carbonyl (C=O) groups excluding carboxylic acids is 2. The summed E-state index contributed by atoms with van der Waals surface area (Å²) < 4.78 is 0. The van der Waals surface area contributed by atoms with Crippen LogP contribution in [-0.2, 0) is 0 Å². The predicted molar refractivity (Wildman–Crippen MR) is 109 cm³/mol. The minimum absolute atomic E-state index is 0.124. The molecule has 2 amide bonds. The Morgan fingerprint density at radius 1 is 0.893 bits per heavy atom. The third-order valence-corrected chi connectivity index (χ3v) is 3.94. The van der Waals surface area contributed by atoms with Crippen molar-refractivity contribution in [2.45, 2.75) is 6.92 Å². The van der Waals surface area contributed by atoms with E-state index in [4.69, 9.17) is 0 Å². The van der Waals surface area contributed by atoms with Crippen LogP contribution in [0.25, 0.3) is 0 Å². The van der Waals surface area contributed by atoms with Crippen molar-refractivity contribution in [3.8, 4) is 5.75 Å². The largest absolute Gasteiger partial charge is 0.508 e. The Bertz CT molecular complexity index is 1030. The molecule has 0 atom stereocenters. The van der Waals surface area contributed by atoms with E-state index in [9.17, 15) is 14.7 Å². The summed E-state index contributed by atoms with van der Waals surface area (Å²) in [7, 11) is 0. The summed E-state index contributed by atoms with van der Waals surface area (Å²) in [6.45, 7) is 1.92. The lowest BCUT2D eigenvalue weighted by molar-refractivity contribution is 0.0954. The Morgan fingerprint density at radius 2 is 1.64 bits per heavy atom. The summed E-state index contributed by atoms with van der Waals surface area (Å²) >= 11 is 0. The van der Waals surface area contributed by atoms with Crippen LogP contribution in [-0.4, -0.2) is 23.1 Å². The van der Waals surface area contributed by atoms with Crippen molar-refractivity contribution in [1.29, 1.82) is 0 Å². The van der Waals surface area contributed by atoms with Crippen molar-refractivity contribution in [2.75, 3.05) is 5.32 Å². The summed E-state index contributed by atoms with van der Waals surface area (Å²) in [5, 5.41) is 16.1. The maximum atomic E-state index is 12.3. The van der Waals surface area contributed by atoms with Gasteiger partial charge in [0.25, 0.3) is 11.8 Å². The highest BCUT2D eigenvalue weighted by molar-refractivity contribution is 6.04. The third-order valence-electron chi connectivity index (χ3n) is 3.94. The molecule has 6 nitrogen and oxygen atoms in total. The molecule has 6 heteroatoms. The molecule has 0 aromatic heterocycles. The van der Waals surface area contributed by atoms with Gasteiger partial charge in [0.15, 0.2) is 0 Å². The zero-order valence-electron chi connectivity index (χ0n) is 15.2. The molecular weight excluding hydrogens is 354 g/mol. The number of aromatic hydroxyl groups is 1. The number of hydrazone groups is 1. The molecule has 0 bridgehead atoms. The number of phenolic OH excluding ortho intramolecular Hbond substituents is 1. The predicted octanol–water partition coefficient (Wildman–Crippen LogP) is 3.72. The summed E-state index contributed by atoms with van der Waals surface area (Å²) in [5.74, 6) is -0.469. The van der Waals surface area contributed by atoms with Crippen LogP contribution in [0.5, 0.6) is 5.75 Å². The third kappa shape index (κ3) is 5.04. The van der Waals surface area contributed by atoms with E-state index in [0.717, 1.165) is 5.56 Å². The maximum Gasteiger partial charge on any atom is 0.271 e. The maximum absolute atomic E-state index is 12.3. The van der Waals surface area contributed by atoms with Crippen LogP contribution in [0.4, 0.5) is 5.69 Å². The molecule has 3 N–H and O–H groups in total. The van der Waals surface area contributed by atoms with Crippen molar-refractivity contribution in [2.24, 2.45) is 5.10 Å². The molecule has 0 unspecified atom stereocenters. The number of hydrogen-bond donors (Lipinski definition) is 3. The second-order valence-electron chi connectivity index (χ2n) is 6.20. The molecule has 3 rings (SSSR count). The number of benzene rings is 3. The first-order chi connectivity index (χ1) is 13.5. The lowest BCUT2D eigenvalue weighted by atomic mass is 10.1. The quantitative estimate of drug-likeness (QED) is 0.470. The van der Waals surface area contributed by atoms with Gasteiger partial charge in [-0.15, -0.1) is 0 Å². The van der Waals surface area contributed by atoms with Crippen molar-refractivity contribution < 1.29 is 14.7 Å². The van der Waals surface area contributed by atoms with Crippen molar-refractivity contribution in [3.05, 3.63) is 95.1 Å². The van der Waals surface area contributed by atoms with E-state index in [2.05, 4.69) is 15.8 Å². The zero-order valence-corrected chi connectivity index (χ0v) is 15.2. The lowest BCUT2D eigenvalue weighted by Gasteiger charge is -2.07. The highest BCUT2D eigenvalue weighted by Gasteiger charge is 2.08. The smallest absolute Gasteiger partial charge is 0.271 e. The number of nitrogens with one attached hydrogen (secondary N) is 2. The molecule has 3 aromatic carbocycles. The molecule has 3 aromatic rings. The van der Waals surface area contributed by atoms with Gasteiger partial charge in [0.1, 0.15) is 5.75 Å². The topological polar surface area (TPSA) is 90.8 Å². The van der Waals surface area contributed by atoms with E-state index in [1.165, 1.54) is 12.3 Å². The van der Waals surface area contributed by atoms with Crippen LogP contribution in [0, 0.1) is 6.92 Å². The molecule has 0 aliphatic rings. The monoisotopic (exact) mass is 373 g/mol. The van der Waals surface area contributed by atoms with E-state index in [1.54, 1.807) is 48.5 Å². The Hall–Kier alpha value is -3.93. The van der Waals surface area contributed by atoms with Crippen LogP contribution in [0.3, 0.4) is 0 Å². The SMILES string of the molecule is Cc1cccc(C(=O)Nc2ccc(C(=O)NN=Cc3cccc(O)c3)cc2)c1. The van der Waals surface area contributed by atoms with Crippen LogP contribution in [0.1, 0.15) is 31.8 Å². The van der Waals surface area contributed by atoms with Gasteiger partial charge in [0, 0.05) is 16.8 Å². The van der Waals surface area contributed by atoms with Crippen LogP contribution in [0.2, 0.25) is 0 Å². The molecule has 0 aliphatic heterocycles. The molecule has 140 valence electrons. The van der Waals surface area contributed by atoms with Gasteiger partial charge >= 0.3 is 0 Å². The standard InChI is InChI=1S/C22H19N3O3/c1-15-4-2-6-18(12-15)21(27)24-19-10-8-17(9-11-19)22(28)25-23-14-16-5-3-7-20(26)13-16/h2-14,26H,1H3,(H,24,27)(H,25,28). The van der Waals surface area contributed by atoms with E-state index in [0.29, 0.717) is 22.4 Å². The highest BCUT2D eigenvalue weighted by Crippen LogP contribution is 2.13. The number of hydrogen-bond acceptors (Lipinski definition) is 4. The number of aryl methyl sites for hydroxylation is 1. The summed E-state index contributed by atoms with van der Waals surface area (Å²) in [4.78, 5) is 24.4. The fourth-order valence-corrected chi connectivity index (χ4v) is 2.53. The minimum atomic E-state index is -0.382. The average molecular weight is 373 g/mol. The van der Waals surface area contributed by atoms with Gasteiger partial charge in [-0.3, -0.25) is 9.59 Å². The molecule has 0 saturated carbocycles. The number of amides is 2. The fourth-order valence-electron chi connectivity index (χ4n) is 2.53. The van der Waals surface area contributed by atoms with Crippen molar-refractivity contribution in [3.63, 3.8) is 0 Å². The molecule has 0 spiro atoms. The van der Waals surface area contributed by atoms with Gasteiger partial charge in [-0.2, -0.15) is 5.10 Å². The summed E-state index contributed by atoms with van der Waals surface area (Å²) in [5.41, 5.74) is 5.65. The number of phenols is 1. The van der Waals surface area contributed by atoms with Gasteiger partial charge in [0.2, 0.25) is 0 Å². The molecule has 0 radical (unpaired) electrons. The van der Waals surface area contributed by atoms with Crippen molar-refractivity contribution in [1.82, 2.24) is 5.43 Å². The minimum Gasteiger partial charge on any atom is -0.508 e. The normalized spacial score (nSPS) is 10.6. The lowest BCUT2D eigenvalue weighted by Crippen LogP contribution is -2.17. The second kappa shape index (κ2) is 8.64. The summed E-state index contributed by atoms with van der Waals surface area (Å²) in [6.07, 6.45) is 1.44. The highest BCUT2D eigenvalue weighted by atomic mass is 16.3. The van der Waals surface area contributed by atoms with E-state index in [1.807, 2.05) is 25.1 Å². The zero-order chi connectivity index (χ0) is 19.9.